The Kier molecular flexibility index (Phi) is 5.80. The van der Waals surface area contributed by atoms with Crippen molar-refractivity contribution in [3.63, 3.8) is 0 Å². The topological polar surface area (TPSA) is 67.4 Å². The molecule has 5 heteroatoms. The molecule has 130 valence electrons. The number of esters is 1. The van der Waals surface area contributed by atoms with E-state index in [9.17, 15) is 9.59 Å². The van der Waals surface area contributed by atoms with Gasteiger partial charge in [0.2, 0.25) is 0 Å². The molecular weight excluding hydrogens is 316 g/mol. The Morgan fingerprint density at radius 2 is 1.64 bits per heavy atom. The van der Waals surface area contributed by atoms with Gasteiger partial charge in [0.25, 0.3) is 5.91 Å². The summed E-state index contributed by atoms with van der Waals surface area (Å²) in [6, 6.07) is 18.9. The quantitative estimate of drug-likeness (QED) is 0.793. The fraction of sp³-hybridized carbons (Fsp3) is 0.300. The summed E-state index contributed by atoms with van der Waals surface area (Å²) in [4.78, 5) is 24.2. The number of nitrogens with one attached hydrogen (secondary N) is 2. The van der Waals surface area contributed by atoms with Crippen molar-refractivity contribution in [2.45, 2.75) is 24.9 Å². The Bertz CT molecular complexity index is 658. The molecule has 0 spiro atoms. The van der Waals surface area contributed by atoms with Crippen molar-refractivity contribution in [2.75, 3.05) is 13.2 Å². The number of hydrogen-bond acceptors (Lipinski definition) is 4. The largest absolute Gasteiger partial charge is 0.454 e. The Hall–Kier alpha value is -2.66. The fourth-order valence-corrected chi connectivity index (χ4v) is 2.98. The lowest BCUT2D eigenvalue weighted by atomic mass is 9.99. The maximum atomic E-state index is 12.3. The summed E-state index contributed by atoms with van der Waals surface area (Å²) < 4.78 is 5.15. The molecule has 1 aliphatic rings. The zero-order valence-corrected chi connectivity index (χ0v) is 14.0. The van der Waals surface area contributed by atoms with Crippen LogP contribution in [0, 0.1) is 0 Å². The Morgan fingerprint density at radius 1 is 1.04 bits per heavy atom. The van der Waals surface area contributed by atoms with Gasteiger partial charge in [0, 0.05) is 0 Å². The standard InChI is InChI=1S/C20H22N2O3/c23-18(14-25-20(24)17-12-7-13-21-17)22-19(15-8-3-1-4-9-15)16-10-5-2-6-11-16/h1-6,8-11,17,19,21H,7,12-14H2,(H,22,23)/t17-/m0/s1. The van der Waals surface area contributed by atoms with E-state index in [-0.39, 0.29) is 30.6 Å². The predicted molar refractivity (Wildman–Crippen MR) is 94.9 cm³/mol. The van der Waals surface area contributed by atoms with Gasteiger partial charge in [-0.05, 0) is 30.5 Å². The van der Waals surface area contributed by atoms with Crippen LogP contribution in [0.2, 0.25) is 0 Å². The van der Waals surface area contributed by atoms with E-state index >= 15 is 0 Å². The molecule has 3 rings (SSSR count). The first-order valence-corrected chi connectivity index (χ1v) is 8.53. The van der Waals surface area contributed by atoms with Gasteiger partial charge in [0.15, 0.2) is 6.61 Å². The molecule has 2 aromatic carbocycles. The molecule has 0 aliphatic carbocycles. The smallest absolute Gasteiger partial charge is 0.323 e. The number of hydrogen-bond donors (Lipinski definition) is 2. The van der Waals surface area contributed by atoms with Crippen molar-refractivity contribution in [3.05, 3.63) is 71.8 Å². The van der Waals surface area contributed by atoms with Gasteiger partial charge in [-0.1, -0.05) is 60.7 Å². The molecule has 1 fully saturated rings. The molecule has 2 aromatic rings. The third kappa shape index (κ3) is 4.67. The van der Waals surface area contributed by atoms with E-state index in [1.165, 1.54) is 0 Å². The van der Waals surface area contributed by atoms with Gasteiger partial charge in [-0.3, -0.25) is 9.59 Å². The van der Waals surface area contributed by atoms with Crippen LogP contribution in [0.3, 0.4) is 0 Å². The van der Waals surface area contributed by atoms with E-state index < -0.39 is 0 Å². The average molecular weight is 338 g/mol. The van der Waals surface area contributed by atoms with E-state index in [0.717, 1.165) is 30.5 Å². The summed E-state index contributed by atoms with van der Waals surface area (Å²) in [5, 5.41) is 6.03. The first-order valence-electron chi connectivity index (χ1n) is 8.53. The normalized spacial score (nSPS) is 16.6. The summed E-state index contributed by atoms with van der Waals surface area (Å²) in [6.45, 7) is 0.545. The van der Waals surface area contributed by atoms with E-state index in [4.69, 9.17) is 4.74 Å². The molecule has 1 heterocycles. The lowest BCUT2D eigenvalue weighted by Gasteiger charge is -2.20. The van der Waals surface area contributed by atoms with Crippen LogP contribution in [-0.2, 0) is 14.3 Å². The maximum absolute atomic E-state index is 12.3. The van der Waals surface area contributed by atoms with E-state index in [2.05, 4.69) is 10.6 Å². The maximum Gasteiger partial charge on any atom is 0.323 e. The van der Waals surface area contributed by atoms with Gasteiger partial charge in [0.1, 0.15) is 6.04 Å². The molecule has 5 nitrogen and oxygen atoms in total. The first-order chi connectivity index (χ1) is 12.2. The second-order valence-corrected chi connectivity index (χ2v) is 6.08. The van der Waals surface area contributed by atoms with Crippen molar-refractivity contribution in [1.29, 1.82) is 0 Å². The van der Waals surface area contributed by atoms with Crippen molar-refractivity contribution in [2.24, 2.45) is 0 Å². The minimum absolute atomic E-state index is 0.271. The molecule has 1 aliphatic heterocycles. The van der Waals surface area contributed by atoms with E-state index in [1.807, 2.05) is 60.7 Å². The van der Waals surface area contributed by atoms with Crippen LogP contribution in [0.4, 0.5) is 0 Å². The predicted octanol–water partition coefficient (Wildman–Crippen LogP) is 2.19. The van der Waals surface area contributed by atoms with Crippen LogP contribution in [0.1, 0.15) is 30.0 Å². The molecule has 1 saturated heterocycles. The summed E-state index contributed by atoms with van der Waals surface area (Å²) >= 11 is 0. The zero-order valence-electron chi connectivity index (χ0n) is 14.0. The van der Waals surface area contributed by atoms with Crippen LogP contribution in [0.5, 0.6) is 0 Å². The second-order valence-electron chi connectivity index (χ2n) is 6.08. The van der Waals surface area contributed by atoms with Crippen molar-refractivity contribution in [3.8, 4) is 0 Å². The van der Waals surface area contributed by atoms with Crippen molar-refractivity contribution >= 4 is 11.9 Å². The molecule has 1 amide bonds. The second kappa shape index (κ2) is 8.44. The molecular formula is C20H22N2O3. The summed E-state index contributed by atoms with van der Waals surface area (Å²) in [7, 11) is 0. The molecule has 0 radical (unpaired) electrons. The van der Waals surface area contributed by atoms with Crippen LogP contribution in [0.25, 0.3) is 0 Å². The molecule has 0 unspecified atom stereocenters. The number of benzene rings is 2. The molecule has 0 bridgehead atoms. The van der Waals surface area contributed by atoms with Crippen LogP contribution in [0.15, 0.2) is 60.7 Å². The highest BCUT2D eigenvalue weighted by molar-refractivity contribution is 5.83. The molecule has 0 saturated carbocycles. The third-order valence-corrected chi connectivity index (χ3v) is 4.26. The summed E-state index contributed by atoms with van der Waals surface area (Å²) in [6.07, 6.45) is 1.72. The number of rotatable bonds is 6. The Labute approximate surface area is 147 Å². The minimum atomic E-state index is -0.358. The molecule has 25 heavy (non-hydrogen) atoms. The third-order valence-electron chi connectivity index (χ3n) is 4.26. The number of carbonyl (C=O) groups excluding carboxylic acids is 2. The Morgan fingerprint density at radius 3 is 2.16 bits per heavy atom. The lowest BCUT2D eigenvalue weighted by molar-refractivity contribution is -0.150. The molecule has 2 N–H and O–H groups in total. The average Bonchev–Trinajstić information content (AvgIpc) is 3.20. The highest BCUT2D eigenvalue weighted by Crippen LogP contribution is 2.21. The minimum Gasteiger partial charge on any atom is -0.454 e. The van der Waals surface area contributed by atoms with Gasteiger partial charge < -0.3 is 15.4 Å². The highest BCUT2D eigenvalue weighted by Gasteiger charge is 2.24. The van der Waals surface area contributed by atoms with Crippen LogP contribution in [-0.4, -0.2) is 31.1 Å². The van der Waals surface area contributed by atoms with E-state index in [0.29, 0.717) is 0 Å². The summed E-state index contributed by atoms with van der Waals surface area (Å²) in [5.74, 6) is -0.673. The van der Waals surface area contributed by atoms with Crippen LogP contribution < -0.4 is 10.6 Å². The van der Waals surface area contributed by atoms with Gasteiger partial charge in [0.05, 0.1) is 6.04 Å². The van der Waals surface area contributed by atoms with Gasteiger partial charge in [-0.2, -0.15) is 0 Å². The van der Waals surface area contributed by atoms with Gasteiger partial charge in [-0.15, -0.1) is 0 Å². The molecule has 0 aromatic heterocycles. The van der Waals surface area contributed by atoms with Crippen molar-refractivity contribution in [1.82, 2.24) is 10.6 Å². The van der Waals surface area contributed by atoms with Crippen molar-refractivity contribution < 1.29 is 14.3 Å². The number of amides is 1. The first kappa shape index (κ1) is 17.2. The summed E-state index contributed by atoms with van der Waals surface area (Å²) in [5.41, 5.74) is 1.96. The highest BCUT2D eigenvalue weighted by atomic mass is 16.5. The van der Waals surface area contributed by atoms with E-state index in [1.54, 1.807) is 0 Å². The number of ether oxygens (including phenoxy) is 1. The zero-order chi connectivity index (χ0) is 17.5. The SMILES string of the molecule is O=C(COC(=O)[C@@H]1CCCN1)NC(c1ccccc1)c1ccccc1. The lowest BCUT2D eigenvalue weighted by Crippen LogP contribution is -2.37. The number of carbonyl (C=O) groups is 2. The van der Waals surface area contributed by atoms with Gasteiger partial charge in [-0.25, -0.2) is 0 Å². The fourth-order valence-electron chi connectivity index (χ4n) is 2.98. The Balaban J connectivity index is 1.64. The molecule has 1 atom stereocenters. The monoisotopic (exact) mass is 338 g/mol. The van der Waals surface area contributed by atoms with Gasteiger partial charge >= 0.3 is 5.97 Å². The van der Waals surface area contributed by atoms with Crippen LogP contribution >= 0.6 is 0 Å².